The van der Waals surface area contributed by atoms with Gasteiger partial charge in [0, 0.05) is 12.8 Å². The van der Waals surface area contributed by atoms with Crippen molar-refractivity contribution in [1.29, 1.82) is 0 Å². The summed E-state index contributed by atoms with van der Waals surface area (Å²) in [6, 6.07) is 0. The van der Waals surface area contributed by atoms with E-state index < -0.39 is 0 Å². The maximum atomic E-state index is 11.0. The van der Waals surface area contributed by atoms with Crippen molar-refractivity contribution >= 4 is 11.9 Å². The van der Waals surface area contributed by atoms with E-state index in [0.717, 1.165) is 77.0 Å². The van der Waals surface area contributed by atoms with Crippen molar-refractivity contribution in [2.45, 2.75) is 173 Å². The zero-order valence-electron chi connectivity index (χ0n) is 28.7. The van der Waals surface area contributed by atoms with Crippen LogP contribution in [0.2, 0.25) is 0 Å². The van der Waals surface area contributed by atoms with E-state index in [9.17, 15) is 14.7 Å². The predicted octanol–water partition coefficient (Wildman–Crippen LogP) is 11.1. The summed E-state index contributed by atoms with van der Waals surface area (Å²) in [5.74, 6) is -0.224. The number of aliphatic hydroxyl groups excluding tert-OH is 1. The van der Waals surface area contributed by atoms with Crippen molar-refractivity contribution in [2.24, 2.45) is 0 Å². The fraction of sp³-hybridized carbons (Fsp3) is 0.744. The number of rotatable bonds is 32. The zero-order chi connectivity index (χ0) is 32.2. The Bertz CT molecular complexity index is 690. The molecule has 0 aliphatic rings. The molecule has 0 bridgehead atoms. The lowest BCUT2D eigenvalue weighted by atomic mass is 10.0. The van der Waals surface area contributed by atoms with Gasteiger partial charge in [-0.15, -0.1) is 0 Å². The molecule has 5 heteroatoms. The van der Waals surface area contributed by atoms with E-state index in [0.29, 0.717) is 12.8 Å². The van der Waals surface area contributed by atoms with E-state index in [1.54, 1.807) is 0 Å². The van der Waals surface area contributed by atoms with Gasteiger partial charge in [0.05, 0.1) is 20.3 Å². The molecule has 0 aliphatic heterocycles. The average Bonchev–Trinajstić information content (AvgIpc) is 3.03. The highest BCUT2D eigenvalue weighted by atomic mass is 16.5. The number of esters is 2. The fourth-order valence-corrected chi connectivity index (χ4v) is 5.12. The molecule has 5 nitrogen and oxygen atoms in total. The van der Waals surface area contributed by atoms with Crippen LogP contribution in [0, 0.1) is 0 Å². The third-order valence-electron chi connectivity index (χ3n) is 7.99. The molecule has 0 aromatic heterocycles. The van der Waals surface area contributed by atoms with Crippen LogP contribution in [-0.4, -0.2) is 37.4 Å². The molecule has 0 rings (SSSR count). The maximum Gasteiger partial charge on any atom is 0.305 e. The number of hydrogen-bond donors (Lipinski definition) is 1. The fourth-order valence-electron chi connectivity index (χ4n) is 5.12. The summed E-state index contributed by atoms with van der Waals surface area (Å²) in [4.78, 5) is 22.1. The molecular weight excluding hydrogens is 548 g/mol. The van der Waals surface area contributed by atoms with Gasteiger partial charge in [-0.25, -0.2) is 0 Å². The van der Waals surface area contributed by atoms with E-state index in [-0.39, 0.29) is 18.0 Å². The summed E-state index contributed by atoms with van der Waals surface area (Å²) in [6.07, 6.45) is 46.3. The van der Waals surface area contributed by atoms with Gasteiger partial charge in [0.1, 0.15) is 0 Å². The second kappa shape index (κ2) is 35.3. The number of unbranched alkanes of at least 4 members (excludes halogenated alkanes) is 16. The third kappa shape index (κ3) is 34.4. The van der Waals surface area contributed by atoms with Crippen LogP contribution in [0.4, 0.5) is 0 Å². The van der Waals surface area contributed by atoms with E-state index in [1.165, 1.54) is 91.3 Å². The van der Waals surface area contributed by atoms with Crippen molar-refractivity contribution < 1.29 is 24.2 Å². The molecule has 0 aromatic carbocycles. The average molecular weight is 617 g/mol. The van der Waals surface area contributed by atoms with E-state index >= 15 is 0 Å². The van der Waals surface area contributed by atoms with Crippen LogP contribution in [0.25, 0.3) is 0 Å². The topological polar surface area (TPSA) is 72.8 Å². The minimum atomic E-state index is -0.112. The van der Waals surface area contributed by atoms with Crippen LogP contribution < -0.4 is 0 Å². The molecule has 0 saturated heterocycles. The molecule has 44 heavy (non-hydrogen) atoms. The summed E-state index contributed by atoms with van der Waals surface area (Å²) in [5, 5.41) is 10.3. The highest BCUT2D eigenvalue weighted by molar-refractivity contribution is 5.69. The molecule has 0 spiro atoms. The summed E-state index contributed by atoms with van der Waals surface area (Å²) in [6.45, 7) is 0. The Morgan fingerprint density at radius 2 is 0.750 bits per heavy atom. The van der Waals surface area contributed by atoms with Gasteiger partial charge in [-0.2, -0.15) is 0 Å². The van der Waals surface area contributed by atoms with Crippen LogP contribution in [0.1, 0.15) is 167 Å². The summed E-state index contributed by atoms with van der Waals surface area (Å²) < 4.78 is 9.29. The molecule has 0 atom stereocenters. The Morgan fingerprint density at radius 3 is 1.09 bits per heavy atom. The van der Waals surface area contributed by atoms with E-state index in [2.05, 4.69) is 58.1 Å². The molecule has 0 aliphatic carbocycles. The minimum absolute atomic E-state index is 0.104. The number of carbonyl (C=O) groups is 2. The lowest BCUT2D eigenvalue weighted by Gasteiger charge is -2.10. The smallest absolute Gasteiger partial charge is 0.305 e. The summed E-state index contributed by atoms with van der Waals surface area (Å²) in [5.41, 5.74) is 0. The van der Waals surface area contributed by atoms with Crippen molar-refractivity contribution in [3.8, 4) is 0 Å². The van der Waals surface area contributed by atoms with Gasteiger partial charge >= 0.3 is 11.9 Å². The molecule has 0 unspecified atom stereocenters. The number of allylic oxidation sites excluding steroid dienone is 8. The minimum Gasteiger partial charge on any atom is -0.469 e. The highest BCUT2D eigenvalue weighted by Gasteiger charge is 2.04. The molecule has 254 valence electrons. The van der Waals surface area contributed by atoms with Gasteiger partial charge in [0.2, 0.25) is 0 Å². The second-order valence-corrected chi connectivity index (χ2v) is 12.1. The Morgan fingerprint density at radius 1 is 0.455 bits per heavy atom. The zero-order valence-corrected chi connectivity index (χ0v) is 28.7. The Kier molecular flexibility index (Phi) is 33.6. The number of aliphatic hydroxyl groups is 1. The number of methoxy groups -OCH3 is 2. The Hall–Kier alpha value is -2.14. The second-order valence-electron chi connectivity index (χ2n) is 12.1. The molecule has 0 amide bonds. The van der Waals surface area contributed by atoms with Crippen LogP contribution in [0.5, 0.6) is 0 Å². The summed E-state index contributed by atoms with van der Waals surface area (Å²) >= 11 is 0. The highest BCUT2D eigenvalue weighted by Crippen LogP contribution is 2.15. The van der Waals surface area contributed by atoms with Gasteiger partial charge in [0.15, 0.2) is 0 Å². The first-order valence-electron chi connectivity index (χ1n) is 18.0. The standard InChI is InChI=1S/C39H68O5/c1-43-38(41)35-31-27-23-19-15-11-7-3-5-9-13-17-21-25-29-33-37(40)34-30-26-22-18-14-10-6-4-8-12-16-20-24-28-32-36-39(42)44-2/h3-4,7-8,15-16,19-20,37,40H,5-6,9-14,17-18,21-36H2,1-2H3. The van der Waals surface area contributed by atoms with Crippen molar-refractivity contribution in [1.82, 2.24) is 0 Å². The maximum absolute atomic E-state index is 11.0. The van der Waals surface area contributed by atoms with Crippen molar-refractivity contribution in [3.63, 3.8) is 0 Å². The molecule has 0 aromatic rings. The number of hydrogen-bond acceptors (Lipinski definition) is 5. The third-order valence-corrected chi connectivity index (χ3v) is 7.99. The van der Waals surface area contributed by atoms with Gasteiger partial charge in [-0.1, -0.05) is 113 Å². The Balaban J connectivity index is 3.34. The predicted molar refractivity (Wildman–Crippen MR) is 187 cm³/mol. The number of ether oxygens (including phenoxy) is 2. The van der Waals surface area contributed by atoms with Crippen molar-refractivity contribution in [3.05, 3.63) is 48.6 Å². The Labute approximate surface area is 271 Å². The van der Waals surface area contributed by atoms with Gasteiger partial charge in [-0.3, -0.25) is 9.59 Å². The molecule has 0 saturated carbocycles. The van der Waals surface area contributed by atoms with Crippen LogP contribution in [0.15, 0.2) is 48.6 Å². The van der Waals surface area contributed by atoms with Crippen molar-refractivity contribution in [2.75, 3.05) is 14.2 Å². The SMILES string of the molecule is COC(=O)CCCCC=CCC=CCCCCCCCCC(O)CCCCCCCCC=CCC=CCCCCC(=O)OC. The van der Waals surface area contributed by atoms with Crippen LogP contribution in [-0.2, 0) is 19.1 Å². The largest absolute Gasteiger partial charge is 0.469 e. The molecule has 1 N–H and O–H groups in total. The number of carbonyl (C=O) groups excluding carboxylic acids is 2. The van der Waals surface area contributed by atoms with E-state index in [1.807, 2.05) is 0 Å². The summed E-state index contributed by atoms with van der Waals surface area (Å²) in [7, 11) is 2.89. The molecular formula is C39H68O5. The quantitative estimate of drug-likeness (QED) is 0.0462. The first-order chi connectivity index (χ1) is 21.6. The van der Waals surface area contributed by atoms with Gasteiger partial charge in [0.25, 0.3) is 0 Å². The molecule has 0 heterocycles. The monoisotopic (exact) mass is 617 g/mol. The van der Waals surface area contributed by atoms with E-state index in [4.69, 9.17) is 0 Å². The normalized spacial score (nSPS) is 12.7. The van der Waals surface area contributed by atoms with Gasteiger partial charge < -0.3 is 14.6 Å². The van der Waals surface area contributed by atoms with Crippen LogP contribution >= 0.6 is 0 Å². The first kappa shape index (κ1) is 41.9. The lowest BCUT2D eigenvalue weighted by molar-refractivity contribution is -0.141. The van der Waals surface area contributed by atoms with Gasteiger partial charge in [-0.05, 0) is 89.9 Å². The molecule has 0 fully saturated rings. The van der Waals surface area contributed by atoms with Crippen LogP contribution in [0.3, 0.4) is 0 Å². The lowest BCUT2D eigenvalue weighted by Crippen LogP contribution is -2.05. The molecule has 0 radical (unpaired) electrons. The first-order valence-corrected chi connectivity index (χ1v) is 18.0.